The molecule has 0 aliphatic carbocycles. The van der Waals surface area contributed by atoms with Crippen molar-refractivity contribution in [2.24, 2.45) is 11.7 Å². The highest BCUT2D eigenvalue weighted by Crippen LogP contribution is 2.22. The summed E-state index contributed by atoms with van der Waals surface area (Å²) >= 11 is 0. The van der Waals surface area contributed by atoms with Crippen LogP contribution in [0.2, 0.25) is 0 Å². The highest BCUT2D eigenvalue weighted by atomic mass is 16.5. The van der Waals surface area contributed by atoms with Crippen LogP contribution in [0.3, 0.4) is 0 Å². The number of hydrogen-bond donors (Lipinski definition) is 2. The number of esters is 1. The molecule has 8 heteroatoms. The summed E-state index contributed by atoms with van der Waals surface area (Å²) in [6.07, 6.45) is 1.86. The third-order valence-corrected chi connectivity index (χ3v) is 4.43. The predicted molar refractivity (Wildman–Crippen MR) is 85.2 cm³/mol. The van der Waals surface area contributed by atoms with Gasteiger partial charge in [0.2, 0.25) is 5.91 Å². The van der Waals surface area contributed by atoms with E-state index < -0.39 is 11.9 Å². The van der Waals surface area contributed by atoms with Crippen LogP contribution in [-0.2, 0) is 14.3 Å². The number of cyclic esters (lactones) is 1. The van der Waals surface area contributed by atoms with Crippen LogP contribution < -0.4 is 16.0 Å². The van der Waals surface area contributed by atoms with E-state index in [1.807, 2.05) is 11.0 Å². The van der Waals surface area contributed by atoms with E-state index in [4.69, 9.17) is 10.5 Å². The van der Waals surface area contributed by atoms with Gasteiger partial charge in [0, 0.05) is 25.4 Å². The quantitative estimate of drug-likeness (QED) is 0.740. The fourth-order valence-corrected chi connectivity index (χ4v) is 3.02. The number of piperidine rings is 1. The van der Waals surface area contributed by atoms with Crippen molar-refractivity contribution in [3.8, 4) is 0 Å². The highest BCUT2D eigenvalue weighted by Gasteiger charge is 2.32. The molecule has 0 saturated carbocycles. The van der Waals surface area contributed by atoms with E-state index >= 15 is 0 Å². The zero-order valence-electron chi connectivity index (χ0n) is 13.2. The number of aromatic nitrogens is 1. The SMILES string of the molecule is NC(=O)c1cccc(N2CCC(C(=O)N[C@H]3CCOC3=O)CC2)n1. The van der Waals surface area contributed by atoms with Gasteiger partial charge in [0.15, 0.2) is 0 Å². The van der Waals surface area contributed by atoms with Crippen LogP contribution in [0, 0.1) is 5.92 Å². The van der Waals surface area contributed by atoms with E-state index in [1.165, 1.54) is 0 Å². The highest BCUT2D eigenvalue weighted by molar-refractivity contribution is 5.91. The number of primary amides is 1. The molecule has 3 rings (SSSR count). The molecular weight excluding hydrogens is 312 g/mol. The minimum absolute atomic E-state index is 0.0997. The predicted octanol–water partition coefficient (Wildman–Crippen LogP) is -0.171. The second-order valence-electron chi connectivity index (χ2n) is 6.02. The number of nitrogens with one attached hydrogen (secondary N) is 1. The summed E-state index contributed by atoms with van der Waals surface area (Å²) in [5.41, 5.74) is 5.48. The molecule has 0 bridgehead atoms. The van der Waals surface area contributed by atoms with Crippen molar-refractivity contribution in [3.63, 3.8) is 0 Å². The van der Waals surface area contributed by atoms with Crippen LogP contribution in [0.15, 0.2) is 18.2 Å². The Morgan fingerprint density at radius 3 is 2.62 bits per heavy atom. The number of amides is 2. The van der Waals surface area contributed by atoms with E-state index in [1.54, 1.807) is 12.1 Å². The third kappa shape index (κ3) is 3.47. The zero-order valence-corrected chi connectivity index (χ0v) is 13.2. The lowest BCUT2D eigenvalue weighted by atomic mass is 9.95. The minimum atomic E-state index is -0.561. The monoisotopic (exact) mass is 332 g/mol. The molecule has 0 unspecified atom stereocenters. The van der Waals surface area contributed by atoms with E-state index in [9.17, 15) is 14.4 Å². The maximum Gasteiger partial charge on any atom is 0.328 e. The van der Waals surface area contributed by atoms with Gasteiger partial charge in [-0.05, 0) is 25.0 Å². The summed E-state index contributed by atoms with van der Waals surface area (Å²) in [6, 6.07) is 4.63. The van der Waals surface area contributed by atoms with Crippen molar-refractivity contribution in [2.75, 3.05) is 24.6 Å². The average Bonchev–Trinajstić information content (AvgIpc) is 3.00. The second-order valence-corrected chi connectivity index (χ2v) is 6.02. The maximum absolute atomic E-state index is 12.3. The first kappa shape index (κ1) is 16.2. The van der Waals surface area contributed by atoms with Gasteiger partial charge in [-0.25, -0.2) is 9.78 Å². The van der Waals surface area contributed by atoms with E-state index in [0.29, 0.717) is 44.8 Å². The van der Waals surface area contributed by atoms with Gasteiger partial charge in [-0.2, -0.15) is 0 Å². The minimum Gasteiger partial charge on any atom is -0.464 e. The smallest absolute Gasteiger partial charge is 0.328 e. The summed E-state index contributed by atoms with van der Waals surface area (Å²) in [4.78, 5) is 41.2. The van der Waals surface area contributed by atoms with Crippen LogP contribution in [-0.4, -0.2) is 48.5 Å². The molecule has 3 heterocycles. The molecule has 2 aliphatic rings. The van der Waals surface area contributed by atoms with Crippen molar-refractivity contribution >= 4 is 23.6 Å². The molecule has 2 saturated heterocycles. The van der Waals surface area contributed by atoms with Crippen LogP contribution in [0.1, 0.15) is 29.8 Å². The Labute approximate surface area is 139 Å². The molecule has 128 valence electrons. The number of carbonyl (C=O) groups is 3. The van der Waals surface area contributed by atoms with Crippen LogP contribution in [0.5, 0.6) is 0 Å². The van der Waals surface area contributed by atoms with Gasteiger partial charge in [-0.15, -0.1) is 0 Å². The normalized spacial score (nSPS) is 21.4. The number of hydrogen-bond acceptors (Lipinski definition) is 6. The molecule has 2 fully saturated rings. The molecule has 0 aromatic carbocycles. The zero-order chi connectivity index (χ0) is 17.1. The third-order valence-electron chi connectivity index (χ3n) is 4.43. The fourth-order valence-electron chi connectivity index (χ4n) is 3.02. The standard InChI is InChI=1S/C16H20N4O4/c17-14(21)11-2-1-3-13(18-11)20-7-4-10(5-8-20)15(22)19-12-6-9-24-16(12)23/h1-3,10,12H,4-9H2,(H2,17,21)(H,19,22)/t12-/m0/s1. The Morgan fingerprint density at radius 2 is 2.00 bits per heavy atom. The van der Waals surface area contributed by atoms with Crippen molar-refractivity contribution in [2.45, 2.75) is 25.3 Å². The van der Waals surface area contributed by atoms with Gasteiger partial charge in [0.1, 0.15) is 17.6 Å². The first-order chi connectivity index (χ1) is 11.5. The maximum atomic E-state index is 12.3. The molecule has 1 aromatic rings. The molecule has 8 nitrogen and oxygen atoms in total. The number of nitrogens with two attached hydrogens (primary N) is 1. The van der Waals surface area contributed by atoms with Gasteiger partial charge < -0.3 is 20.7 Å². The lowest BCUT2D eigenvalue weighted by molar-refractivity contribution is -0.142. The lowest BCUT2D eigenvalue weighted by Crippen LogP contribution is -2.45. The fraction of sp³-hybridized carbons (Fsp3) is 0.500. The van der Waals surface area contributed by atoms with Crippen LogP contribution in [0.25, 0.3) is 0 Å². The first-order valence-corrected chi connectivity index (χ1v) is 8.03. The molecule has 1 atom stereocenters. The number of anilines is 1. The number of rotatable bonds is 4. The Balaban J connectivity index is 1.55. The van der Waals surface area contributed by atoms with Crippen LogP contribution >= 0.6 is 0 Å². The number of nitrogens with zero attached hydrogens (tertiary/aromatic N) is 2. The van der Waals surface area contributed by atoms with E-state index in [-0.39, 0.29) is 23.5 Å². The molecule has 0 spiro atoms. The van der Waals surface area contributed by atoms with Crippen LogP contribution in [0.4, 0.5) is 5.82 Å². The average molecular weight is 332 g/mol. The number of pyridine rings is 1. The lowest BCUT2D eigenvalue weighted by Gasteiger charge is -2.32. The Bertz CT molecular complexity index is 655. The van der Waals surface area contributed by atoms with Gasteiger partial charge in [0.05, 0.1) is 6.61 Å². The second kappa shape index (κ2) is 6.86. The van der Waals surface area contributed by atoms with E-state index in [0.717, 1.165) is 0 Å². The van der Waals surface area contributed by atoms with Gasteiger partial charge in [-0.3, -0.25) is 9.59 Å². The van der Waals surface area contributed by atoms with Gasteiger partial charge in [-0.1, -0.05) is 6.07 Å². The number of ether oxygens (including phenoxy) is 1. The Hall–Kier alpha value is -2.64. The molecule has 0 radical (unpaired) electrons. The van der Waals surface area contributed by atoms with Gasteiger partial charge in [0.25, 0.3) is 5.91 Å². The molecule has 24 heavy (non-hydrogen) atoms. The molecule has 1 aromatic heterocycles. The number of carbonyl (C=O) groups excluding carboxylic acids is 3. The summed E-state index contributed by atoms with van der Waals surface area (Å²) in [5.74, 6) is -0.460. The molecule has 2 aliphatic heterocycles. The van der Waals surface area contributed by atoms with Crippen molar-refractivity contribution in [1.29, 1.82) is 0 Å². The van der Waals surface area contributed by atoms with Crippen molar-refractivity contribution in [3.05, 3.63) is 23.9 Å². The first-order valence-electron chi connectivity index (χ1n) is 8.03. The molecule has 3 N–H and O–H groups in total. The molecule has 2 amide bonds. The Morgan fingerprint density at radius 1 is 1.25 bits per heavy atom. The summed E-state index contributed by atoms with van der Waals surface area (Å²) in [6.45, 7) is 1.68. The largest absolute Gasteiger partial charge is 0.464 e. The van der Waals surface area contributed by atoms with Crippen molar-refractivity contribution < 1.29 is 19.1 Å². The topological polar surface area (TPSA) is 115 Å². The van der Waals surface area contributed by atoms with Crippen molar-refractivity contribution in [1.82, 2.24) is 10.3 Å². The summed E-state index contributed by atoms with van der Waals surface area (Å²) in [7, 11) is 0. The van der Waals surface area contributed by atoms with E-state index in [2.05, 4.69) is 10.3 Å². The van der Waals surface area contributed by atoms with Gasteiger partial charge >= 0.3 is 5.97 Å². The summed E-state index contributed by atoms with van der Waals surface area (Å²) < 4.78 is 4.85. The Kier molecular flexibility index (Phi) is 4.64. The summed E-state index contributed by atoms with van der Waals surface area (Å²) in [5, 5.41) is 2.77. The molecular formula is C16H20N4O4.